The van der Waals surface area contributed by atoms with Gasteiger partial charge in [0.2, 0.25) is 11.8 Å². The summed E-state index contributed by atoms with van der Waals surface area (Å²) >= 11 is 0. The lowest BCUT2D eigenvalue weighted by Crippen LogP contribution is -2.55. The largest absolute Gasteiger partial charge is 0.349 e. The number of carbonyl (C=O) groups is 2. The molecule has 2 fully saturated rings. The van der Waals surface area contributed by atoms with Crippen molar-refractivity contribution in [1.29, 1.82) is 0 Å². The van der Waals surface area contributed by atoms with E-state index in [1.165, 1.54) is 0 Å². The van der Waals surface area contributed by atoms with Crippen LogP contribution in [0.15, 0.2) is 0 Å². The lowest BCUT2D eigenvalue weighted by Gasteiger charge is -2.28. The second-order valence-corrected chi connectivity index (χ2v) is 5.11. The fraction of sp³-hybridized carbons (Fsp3) is 0.833. The number of amides is 2. The smallest absolute Gasteiger partial charge is 0.240 e. The minimum atomic E-state index is -0.399. The first-order valence-corrected chi connectivity index (χ1v) is 6.37. The van der Waals surface area contributed by atoms with Gasteiger partial charge in [0.05, 0.1) is 11.6 Å². The van der Waals surface area contributed by atoms with Gasteiger partial charge in [-0.2, -0.15) is 0 Å². The Labute approximate surface area is 102 Å². The first-order chi connectivity index (χ1) is 8.07. The van der Waals surface area contributed by atoms with Gasteiger partial charge in [0.25, 0.3) is 0 Å². The molecule has 2 N–H and O–H groups in total. The van der Waals surface area contributed by atoms with Crippen LogP contribution >= 0.6 is 0 Å². The lowest BCUT2D eigenvalue weighted by atomic mass is 9.92. The molecule has 0 aliphatic carbocycles. The summed E-state index contributed by atoms with van der Waals surface area (Å²) in [6.45, 7) is 3.57. The van der Waals surface area contributed by atoms with E-state index in [-0.39, 0.29) is 17.9 Å². The second-order valence-electron chi connectivity index (χ2n) is 5.11. The van der Waals surface area contributed by atoms with Crippen molar-refractivity contribution in [2.45, 2.75) is 44.2 Å². The maximum Gasteiger partial charge on any atom is 0.240 e. The number of carbonyl (C=O) groups excluding carboxylic acids is 2. The highest BCUT2D eigenvalue weighted by Crippen LogP contribution is 2.23. The van der Waals surface area contributed by atoms with Crippen molar-refractivity contribution in [3.63, 3.8) is 0 Å². The van der Waals surface area contributed by atoms with Gasteiger partial charge in [0.15, 0.2) is 0 Å². The average molecular weight is 239 g/mol. The van der Waals surface area contributed by atoms with E-state index in [0.29, 0.717) is 13.0 Å². The zero-order valence-electron chi connectivity index (χ0n) is 10.6. The van der Waals surface area contributed by atoms with E-state index in [1.54, 1.807) is 11.9 Å². The minimum Gasteiger partial charge on any atom is -0.349 e. The van der Waals surface area contributed by atoms with Crippen LogP contribution in [0, 0.1) is 0 Å². The highest BCUT2D eigenvalue weighted by molar-refractivity contribution is 5.88. The third-order valence-electron chi connectivity index (χ3n) is 3.96. The SMILES string of the molecule is CCC1(C(=O)NC2CC(=O)N(C)C2)CCCN1. The van der Waals surface area contributed by atoms with Crippen molar-refractivity contribution in [2.24, 2.45) is 0 Å². The Morgan fingerprint density at radius 3 is 2.88 bits per heavy atom. The van der Waals surface area contributed by atoms with Crippen LogP contribution in [0.1, 0.15) is 32.6 Å². The fourth-order valence-corrected chi connectivity index (χ4v) is 2.75. The number of hydrogen-bond acceptors (Lipinski definition) is 3. The van der Waals surface area contributed by atoms with Gasteiger partial charge in [0.1, 0.15) is 0 Å². The molecule has 2 saturated heterocycles. The number of likely N-dealkylation sites (tertiary alicyclic amines) is 1. The summed E-state index contributed by atoms with van der Waals surface area (Å²) in [4.78, 5) is 25.3. The Morgan fingerprint density at radius 1 is 1.65 bits per heavy atom. The molecule has 0 aromatic heterocycles. The first-order valence-electron chi connectivity index (χ1n) is 6.37. The molecule has 2 unspecified atom stereocenters. The van der Waals surface area contributed by atoms with Crippen LogP contribution in [-0.4, -0.2) is 48.4 Å². The zero-order chi connectivity index (χ0) is 12.5. The summed E-state index contributed by atoms with van der Waals surface area (Å²) in [5.74, 6) is 0.172. The van der Waals surface area contributed by atoms with Crippen molar-refractivity contribution in [3.05, 3.63) is 0 Å². The molecule has 5 heteroatoms. The first kappa shape index (κ1) is 12.4. The van der Waals surface area contributed by atoms with Gasteiger partial charge in [-0.05, 0) is 25.8 Å². The minimum absolute atomic E-state index is 0.0224. The average Bonchev–Trinajstić information content (AvgIpc) is 2.88. The van der Waals surface area contributed by atoms with Gasteiger partial charge in [0, 0.05) is 20.0 Å². The van der Waals surface area contributed by atoms with E-state index < -0.39 is 5.54 Å². The monoisotopic (exact) mass is 239 g/mol. The van der Waals surface area contributed by atoms with Crippen molar-refractivity contribution < 1.29 is 9.59 Å². The number of nitrogens with one attached hydrogen (secondary N) is 2. The summed E-state index contributed by atoms with van der Waals surface area (Å²) in [5.41, 5.74) is -0.399. The highest BCUT2D eigenvalue weighted by Gasteiger charge is 2.41. The molecule has 0 saturated carbocycles. The molecular formula is C12H21N3O2. The molecule has 0 bridgehead atoms. The predicted octanol–water partition coefficient (Wildman–Crippen LogP) is -0.134. The fourth-order valence-electron chi connectivity index (χ4n) is 2.75. The topological polar surface area (TPSA) is 61.4 Å². The third-order valence-corrected chi connectivity index (χ3v) is 3.96. The summed E-state index contributed by atoms with van der Waals surface area (Å²) in [6, 6.07) is -0.0224. The molecule has 0 radical (unpaired) electrons. The Bertz CT molecular complexity index is 324. The van der Waals surface area contributed by atoms with Gasteiger partial charge < -0.3 is 15.5 Å². The van der Waals surface area contributed by atoms with E-state index in [2.05, 4.69) is 10.6 Å². The summed E-state index contributed by atoms with van der Waals surface area (Å²) < 4.78 is 0. The van der Waals surface area contributed by atoms with E-state index in [9.17, 15) is 9.59 Å². The predicted molar refractivity (Wildman–Crippen MR) is 64.4 cm³/mol. The molecule has 17 heavy (non-hydrogen) atoms. The molecule has 96 valence electrons. The Balaban J connectivity index is 1.95. The van der Waals surface area contributed by atoms with Crippen LogP contribution in [0.5, 0.6) is 0 Å². The van der Waals surface area contributed by atoms with Crippen molar-refractivity contribution >= 4 is 11.8 Å². The zero-order valence-corrected chi connectivity index (χ0v) is 10.6. The highest BCUT2D eigenvalue weighted by atomic mass is 16.2. The van der Waals surface area contributed by atoms with E-state index in [0.717, 1.165) is 25.8 Å². The molecule has 0 aromatic rings. The third kappa shape index (κ3) is 2.29. The van der Waals surface area contributed by atoms with Crippen molar-refractivity contribution in [3.8, 4) is 0 Å². The van der Waals surface area contributed by atoms with Gasteiger partial charge in [-0.15, -0.1) is 0 Å². The Kier molecular flexibility index (Phi) is 3.38. The summed E-state index contributed by atoms with van der Waals surface area (Å²) in [6.07, 6.45) is 3.17. The van der Waals surface area contributed by atoms with Crippen molar-refractivity contribution in [1.82, 2.24) is 15.5 Å². The van der Waals surface area contributed by atoms with Gasteiger partial charge >= 0.3 is 0 Å². The normalized spacial score (nSPS) is 33.2. The number of nitrogens with zero attached hydrogens (tertiary/aromatic N) is 1. The number of hydrogen-bond donors (Lipinski definition) is 2. The van der Waals surface area contributed by atoms with Gasteiger partial charge in [-0.1, -0.05) is 6.92 Å². The second kappa shape index (κ2) is 4.64. The van der Waals surface area contributed by atoms with E-state index in [1.807, 2.05) is 6.92 Å². The Morgan fingerprint density at radius 2 is 2.41 bits per heavy atom. The van der Waals surface area contributed by atoms with Crippen molar-refractivity contribution in [2.75, 3.05) is 20.1 Å². The van der Waals surface area contributed by atoms with Crippen LogP contribution in [0.3, 0.4) is 0 Å². The molecule has 2 amide bonds. The van der Waals surface area contributed by atoms with E-state index in [4.69, 9.17) is 0 Å². The maximum atomic E-state index is 12.3. The molecule has 2 aliphatic heterocycles. The van der Waals surface area contributed by atoms with Crippen LogP contribution in [-0.2, 0) is 9.59 Å². The maximum absolute atomic E-state index is 12.3. The van der Waals surface area contributed by atoms with Crippen LogP contribution in [0.4, 0.5) is 0 Å². The van der Waals surface area contributed by atoms with Crippen LogP contribution < -0.4 is 10.6 Å². The lowest BCUT2D eigenvalue weighted by molar-refractivity contribution is -0.127. The number of rotatable bonds is 3. The van der Waals surface area contributed by atoms with Gasteiger partial charge in [-0.3, -0.25) is 9.59 Å². The molecule has 0 spiro atoms. The molecular weight excluding hydrogens is 218 g/mol. The molecule has 5 nitrogen and oxygen atoms in total. The quantitative estimate of drug-likeness (QED) is 0.721. The van der Waals surface area contributed by atoms with E-state index >= 15 is 0 Å². The Hall–Kier alpha value is -1.10. The molecule has 0 aromatic carbocycles. The molecule has 2 atom stereocenters. The summed E-state index contributed by atoms with van der Waals surface area (Å²) in [7, 11) is 1.78. The van der Waals surface area contributed by atoms with Crippen LogP contribution in [0.2, 0.25) is 0 Å². The summed E-state index contributed by atoms with van der Waals surface area (Å²) in [5, 5.41) is 6.31. The molecule has 2 heterocycles. The standard InChI is InChI=1S/C12H21N3O2/c1-3-12(5-4-6-13-12)11(17)14-9-7-10(16)15(2)8-9/h9,13H,3-8H2,1-2H3,(H,14,17). The molecule has 2 rings (SSSR count). The van der Waals surface area contributed by atoms with Crippen LogP contribution in [0.25, 0.3) is 0 Å². The van der Waals surface area contributed by atoms with Gasteiger partial charge in [-0.25, -0.2) is 0 Å². The molecule has 2 aliphatic rings. The number of likely N-dealkylation sites (N-methyl/N-ethyl adjacent to an activating group) is 1.